The van der Waals surface area contributed by atoms with Gasteiger partial charge in [-0.15, -0.1) is 0 Å². The molecule has 0 aromatic heterocycles. The second-order valence-corrected chi connectivity index (χ2v) is 9.08. The highest BCUT2D eigenvalue weighted by Crippen LogP contribution is 2.30. The standard InChI is InChI=1S/C29H29FN2O/c30-27-12-10-22(11-13-27)24-8-6-23-7-9-25(19-26(23)18-24)29(33)31-28-14-4-21(5-15-28)20-32-16-2-1-3-17-32/h4-6,8,10-15,18-19H,1-3,7,9,16-17,20H2,(H,31,33). The fraction of sp³-hybridized carbons (Fsp3) is 0.276. The van der Waals surface area contributed by atoms with Gasteiger partial charge >= 0.3 is 0 Å². The number of carbonyl (C=O) groups excluding carboxylic acids is 1. The first-order valence-electron chi connectivity index (χ1n) is 11.9. The Labute approximate surface area is 194 Å². The Balaban J connectivity index is 1.26. The van der Waals surface area contributed by atoms with Crippen LogP contribution >= 0.6 is 0 Å². The molecule has 0 spiro atoms. The number of carbonyl (C=O) groups is 1. The van der Waals surface area contributed by atoms with Crippen molar-refractivity contribution in [2.24, 2.45) is 0 Å². The normalized spacial score (nSPS) is 16.1. The lowest BCUT2D eigenvalue weighted by Crippen LogP contribution is -2.29. The van der Waals surface area contributed by atoms with E-state index in [1.165, 1.54) is 55.6 Å². The second-order valence-electron chi connectivity index (χ2n) is 9.08. The molecule has 3 aromatic rings. The maximum Gasteiger partial charge on any atom is 0.251 e. The molecular formula is C29H29FN2O. The van der Waals surface area contributed by atoms with Crippen LogP contribution in [0.15, 0.2) is 72.3 Å². The Kier molecular flexibility index (Phi) is 6.36. The summed E-state index contributed by atoms with van der Waals surface area (Å²) in [5.74, 6) is -0.285. The first-order valence-corrected chi connectivity index (χ1v) is 11.9. The number of aryl methyl sites for hydroxylation is 1. The van der Waals surface area contributed by atoms with Crippen molar-refractivity contribution in [3.05, 3.63) is 94.8 Å². The fourth-order valence-corrected chi connectivity index (χ4v) is 4.77. The summed E-state index contributed by atoms with van der Waals surface area (Å²) in [5.41, 5.74) is 7.19. The van der Waals surface area contributed by atoms with Crippen LogP contribution in [-0.2, 0) is 17.8 Å². The van der Waals surface area contributed by atoms with Crippen LogP contribution in [0, 0.1) is 5.82 Å². The molecule has 0 radical (unpaired) electrons. The molecule has 1 aliphatic carbocycles. The Morgan fingerprint density at radius 3 is 2.33 bits per heavy atom. The number of likely N-dealkylation sites (tertiary alicyclic amines) is 1. The van der Waals surface area contributed by atoms with E-state index < -0.39 is 0 Å². The average Bonchev–Trinajstić information content (AvgIpc) is 2.85. The van der Waals surface area contributed by atoms with E-state index in [0.717, 1.165) is 47.3 Å². The van der Waals surface area contributed by atoms with Gasteiger partial charge in [0.25, 0.3) is 5.91 Å². The Hall–Kier alpha value is -3.24. The predicted octanol–water partition coefficient (Wildman–Crippen LogP) is 6.45. The molecule has 4 heteroatoms. The van der Waals surface area contributed by atoms with Gasteiger partial charge in [-0.2, -0.15) is 0 Å². The Morgan fingerprint density at radius 1 is 0.848 bits per heavy atom. The molecule has 3 nitrogen and oxygen atoms in total. The summed E-state index contributed by atoms with van der Waals surface area (Å²) >= 11 is 0. The molecule has 2 aliphatic rings. The zero-order chi connectivity index (χ0) is 22.6. The molecule has 0 atom stereocenters. The number of fused-ring (bicyclic) bond motifs is 1. The predicted molar refractivity (Wildman–Crippen MR) is 132 cm³/mol. The number of halogens is 1. The van der Waals surface area contributed by atoms with Gasteiger partial charge in [-0.3, -0.25) is 9.69 Å². The minimum atomic E-state index is -0.241. The van der Waals surface area contributed by atoms with Crippen molar-refractivity contribution >= 4 is 17.7 Å². The number of piperidine rings is 1. The van der Waals surface area contributed by atoms with Gasteiger partial charge in [0.15, 0.2) is 0 Å². The second kappa shape index (κ2) is 9.72. The summed E-state index contributed by atoms with van der Waals surface area (Å²) in [7, 11) is 0. The number of benzene rings is 3. The van der Waals surface area contributed by atoms with Crippen LogP contribution < -0.4 is 5.32 Å². The SMILES string of the molecule is O=C(Nc1ccc(CN2CCCCC2)cc1)C1=Cc2cc(-c3ccc(F)cc3)ccc2CC1. The lowest BCUT2D eigenvalue weighted by atomic mass is 9.89. The molecule has 3 aromatic carbocycles. The first-order chi connectivity index (χ1) is 16.1. The third-order valence-corrected chi connectivity index (χ3v) is 6.68. The van der Waals surface area contributed by atoms with E-state index in [2.05, 4.69) is 40.5 Å². The molecule has 1 fully saturated rings. The maximum absolute atomic E-state index is 13.3. The van der Waals surface area contributed by atoms with Crippen LogP contribution in [0.2, 0.25) is 0 Å². The summed E-state index contributed by atoms with van der Waals surface area (Å²) < 4.78 is 13.3. The van der Waals surface area contributed by atoms with Crippen LogP contribution in [0.4, 0.5) is 10.1 Å². The highest BCUT2D eigenvalue weighted by molar-refractivity contribution is 6.07. The summed E-state index contributed by atoms with van der Waals surface area (Å²) in [6, 6.07) is 21.0. The van der Waals surface area contributed by atoms with Crippen LogP contribution in [-0.4, -0.2) is 23.9 Å². The van der Waals surface area contributed by atoms with Crippen molar-refractivity contribution in [3.63, 3.8) is 0 Å². The quantitative estimate of drug-likeness (QED) is 0.495. The van der Waals surface area contributed by atoms with Crippen molar-refractivity contribution in [1.29, 1.82) is 0 Å². The average molecular weight is 441 g/mol. The molecule has 0 saturated carbocycles. The van der Waals surface area contributed by atoms with Gasteiger partial charge in [-0.1, -0.05) is 42.8 Å². The van der Waals surface area contributed by atoms with Crippen molar-refractivity contribution in [1.82, 2.24) is 4.90 Å². The van der Waals surface area contributed by atoms with Gasteiger partial charge in [0.2, 0.25) is 0 Å². The minimum Gasteiger partial charge on any atom is -0.322 e. The first kappa shape index (κ1) is 21.6. The molecule has 0 bridgehead atoms. The molecule has 0 unspecified atom stereocenters. The minimum absolute atomic E-state index is 0.0448. The van der Waals surface area contributed by atoms with E-state index in [9.17, 15) is 9.18 Å². The number of hydrogen-bond acceptors (Lipinski definition) is 2. The van der Waals surface area contributed by atoms with Crippen LogP contribution in [0.5, 0.6) is 0 Å². The highest BCUT2D eigenvalue weighted by atomic mass is 19.1. The Bertz CT molecular complexity index is 1160. The highest BCUT2D eigenvalue weighted by Gasteiger charge is 2.17. The molecule has 5 rings (SSSR count). The summed E-state index contributed by atoms with van der Waals surface area (Å²) in [5, 5.41) is 3.06. The molecular weight excluding hydrogens is 411 g/mol. The number of anilines is 1. The molecule has 33 heavy (non-hydrogen) atoms. The van der Waals surface area contributed by atoms with Crippen LogP contribution in [0.3, 0.4) is 0 Å². The van der Waals surface area contributed by atoms with Crippen molar-refractivity contribution in [2.45, 2.75) is 38.6 Å². The van der Waals surface area contributed by atoms with E-state index >= 15 is 0 Å². The van der Waals surface area contributed by atoms with E-state index in [0.29, 0.717) is 0 Å². The van der Waals surface area contributed by atoms with Gasteiger partial charge in [0.1, 0.15) is 5.82 Å². The smallest absolute Gasteiger partial charge is 0.251 e. The molecule has 1 heterocycles. The third-order valence-electron chi connectivity index (χ3n) is 6.68. The van der Waals surface area contributed by atoms with E-state index in [4.69, 9.17) is 0 Å². The third kappa shape index (κ3) is 5.23. The van der Waals surface area contributed by atoms with E-state index in [-0.39, 0.29) is 11.7 Å². The summed E-state index contributed by atoms with van der Waals surface area (Å²) in [4.78, 5) is 15.4. The zero-order valence-electron chi connectivity index (χ0n) is 18.8. The van der Waals surface area contributed by atoms with Gasteiger partial charge in [0, 0.05) is 17.8 Å². The van der Waals surface area contributed by atoms with Crippen LogP contribution in [0.25, 0.3) is 17.2 Å². The summed E-state index contributed by atoms with van der Waals surface area (Å²) in [6.07, 6.45) is 7.48. The molecule has 1 N–H and O–H groups in total. The molecule has 168 valence electrons. The number of nitrogens with zero attached hydrogens (tertiary/aromatic N) is 1. The largest absolute Gasteiger partial charge is 0.322 e. The molecule has 1 saturated heterocycles. The fourth-order valence-electron chi connectivity index (χ4n) is 4.77. The van der Waals surface area contributed by atoms with Crippen molar-refractivity contribution < 1.29 is 9.18 Å². The maximum atomic E-state index is 13.3. The van der Waals surface area contributed by atoms with E-state index in [1.54, 1.807) is 12.1 Å². The number of hydrogen-bond donors (Lipinski definition) is 1. The van der Waals surface area contributed by atoms with Crippen LogP contribution in [0.1, 0.15) is 42.4 Å². The summed E-state index contributed by atoms with van der Waals surface area (Å²) in [6.45, 7) is 3.33. The zero-order valence-corrected chi connectivity index (χ0v) is 18.8. The number of amides is 1. The molecule has 1 amide bonds. The monoisotopic (exact) mass is 440 g/mol. The Morgan fingerprint density at radius 2 is 1.58 bits per heavy atom. The molecule has 1 aliphatic heterocycles. The van der Waals surface area contributed by atoms with Gasteiger partial charge < -0.3 is 5.32 Å². The lowest BCUT2D eigenvalue weighted by molar-refractivity contribution is -0.112. The van der Waals surface area contributed by atoms with Crippen molar-refractivity contribution in [3.8, 4) is 11.1 Å². The topological polar surface area (TPSA) is 32.3 Å². The van der Waals surface area contributed by atoms with Crippen molar-refractivity contribution in [2.75, 3.05) is 18.4 Å². The van der Waals surface area contributed by atoms with E-state index in [1.807, 2.05) is 18.2 Å². The number of rotatable bonds is 5. The van der Waals surface area contributed by atoms with Gasteiger partial charge in [-0.25, -0.2) is 4.39 Å². The lowest BCUT2D eigenvalue weighted by Gasteiger charge is -2.26. The van der Waals surface area contributed by atoms with Gasteiger partial charge in [0.05, 0.1) is 0 Å². The van der Waals surface area contributed by atoms with Gasteiger partial charge in [-0.05, 0) is 103 Å². The number of nitrogens with one attached hydrogen (secondary N) is 1.